The fourth-order valence-electron chi connectivity index (χ4n) is 1.86. The molecule has 0 unspecified atom stereocenters. The van der Waals surface area contributed by atoms with Gasteiger partial charge in [-0.3, -0.25) is 4.79 Å². The highest BCUT2D eigenvalue weighted by Gasteiger charge is 2.27. The summed E-state index contributed by atoms with van der Waals surface area (Å²) in [4.78, 5) is 24.1. The van der Waals surface area contributed by atoms with E-state index in [1.807, 2.05) is 0 Å². The molecular weight excluding hydrogens is 230 g/mol. The Kier molecular flexibility index (Phi) is 2.47. The van der Waals surface area contributed by atoms with Gasteiger partial charge in [-0.25, -0.2) is 4.79 Å². The number of nitrogens with zero attached hydrogens (tertiary/aromatic N) is 1. The summed E-state index contributed by atoms with van der Waals surface area (Å²) in [5, 5.41) is 9.24. The number of carboxylic acid groups (broad SMARTS) is 1. The summed E-state index contributed by atoms with van der Waals surface area (Å²) in [6.45, 7) is 0.658. The molecule has 1 aliphatic rings. The molecule has 0 bridgehead atoms. The van der Waals surface area contributed by atoms with E-state index in [-0.39, 0.29) is 6.54 Å². The van der Waals surface area contributed by atoms with E-state index in [0.29, 0.717) is 23.5 Å². The average molecular weight is 241 g/mol. The highest BCUT2D eigenvalue weighted by Crippen LogP contribution is 2.34. The number of thiophene rings is 1. The first-order valence-corrected chi connectivity index (χ1v) is 5.50. The van der Waals surface area contributed by atoms with Crippen molar-refractivity contribution in [3.05, 3.63) is 16.0 Å². The molecule has 5 N–H and O–H groups in total. The van der Waals surface area contributed by atoms with Gasteiger partial charge < -0.3 is 21.5 Å². The largest absolute Gasteiger partial charge is 0.465 e. The standard InChI is InChI=1S/C9H11N3O3S/c10-7(13)6-4-1-2-12(9(14)15)3-5(4)16-8(6)11/h1-3,11H2,(H2,10,13)(H,14,15). The molecule has 0 aromatic carbocycles. The first-order chi connectivity index (χ1) is 7.50. The van der Waals surface area contributed by atoms with E-state index in [4.69, 9.17) is 16.6 Å². The molecule has 2 amide bonds. The van der Waals surface area contributed by atoms with E-state index in [9.17, 15) is 9.59 Å². The third-order valence-electron chi connectivity index (χ3n) is 2.60. The number of hydrogen-bond acceptors (Lipinski definition) is 4. The van der Waals surface area contributed by atoms with Crippen molar-refractivity contribution in [2.45, 2.75) is 13.0 Å². The van der Waals surface area contributed by atoms with Crippen LogP contribution in [0, 0.1) is 0 Å². The molecule has 0 radical (unpaired) electrons. The molecule has 7 heteroatoms. The van der Waals surface area contributed by atoms with Crippen LogP contribution in [0.5, 0.6) is 0 Å². The SMILES string of the molecule is NC(=O)c1c(N)sc2c1CCN(C(=O)O)C2. The van der Waals surface area contributed by atoms with Gasteiger partial charge in [0.15, 0.2) is 0 Å². The maximum Gasteiger partial charge on any atom is 0.407 e. The predicted molar refractivity (Wildman–Crippen MR) is 59.4 cm³/mol. The minimum absolute atomic E-state index is 0.285. The fourth-order valence-corrected chi connectivity index (χ4v) is 3.00. The number of hydrogen-bond donors (Lipinski definition) is 3. The van der Waals surface area contributed by atoms with Gasteiger partial charge in [0.05, 0.1) is 17.1 Å². The van der Waals surface area contributed by atoms with Crippen molar-refractivity contribution in [3.63, 3.8) is 0 Å². The Balaban J connectivity index is 2.39. The quantitative estimate of drug-likeness (QED) is 0.663. The van der Waals surface area contributed by atoms with Gasteiger partial charge in [-0.05, 0) is 12.0 Å². The van der Waals surface area contributed by atoms with Crippen molar-refractivity contribution in [2.75, 3.05) is 12.3 Å². The van der Waals surface area contributed by atoms with Crippen LogP contribution in [0.1, 0.15) is 20.8 Å². The number of primary amides is 1. The minimum atomic E-state index is -0.960. The summed E-state index contributed by atoms with van der Waals surface area (Å²) in [6.07, 6.45) is -0.466. The molecule has 0 atom stereocenters. The number of carbonyl (C=O) groups excluding carboxylic acids is 1. The van der Waals surface area contributed by atoms with Crippen molar-refractivity contribution < 1.29 is 14.7 Å². The molecule has 2 heterocycles. The molecular formula is C9H11N3O3S. The number of nitrogen functional groups attached to an aromatic ring is 1. The molecule has 1 aromatic heterocycles. The highest BCUT2D eigenvalue weighted by atomic mass is 32.1. The van der Waals surface area contributed by atoms with Gasteiger partial charge in [0.2, 0.25) is 0 Å². The van der Waals surface area contributed by atoms with Gasteiger partial charge in [-0.2, -0.15) is 0 Å². The van der Waals surface area contributed by atoms with Crippen molar-refractivity contribution in [1.29, 1.82) is 0 Å². The summed E-state index contributed by atoms with van der Waals surface area (Å²) in [7, 11) is 0. The van der Waals surface area contributed by atoms with Gasteiger partial charge in [0.25, 0.3) is 5.91 Å². The predicted octanol–water partition coefficient (Wildman–Crippen LogP) is 0.465. The van der Waals surface area contributed by atoms with Crippen molar-refractivity contribution >= 4 is 28.3 Å². The summed E-state index contributed by atoms with van der Waals surface area (Å²) in [5.41, 5.74) is 12.1. The van der Waals surface area contributed by atoms with Crippen molar-refractivity contribution in [3.8, 4) is 0 Å². The second-order valence-electron chi connectivity index (χ2n) is 3.56. The Morgan fingerprint density at radius 3 is 2.69 bits per heavy atom. The Hall–Kier alpha value is -1.76. The Labute approximate surface area is 95.4 Å². The monoisotopic (exact) mass is 241 g/mol. The third kappa shape index (κ3) is 1.58. The highest BCUT2D eigenvalue weighted by molar-refractivity contribution is 7.16. The summed E-state index contributed by atoms with van der Waals surface area (Å²) in [5.74, 6) is -0.543. The van der Waals surface area contributed by atoms with E-state index in [2.05, 4.69) is 0 Å². The molecule has 1 aliphatic heterocycles. The molecule has 0 saturated heterocycles. The van der Waals surface area contributed by atoms with Gasteiger partial charge in [0.1, 0.15) is 0 Å². The van der Waals surface area contributed by atoms with Crippen LogP contribution in [-0.2, 0) is 13.0 Å². The lowest BCUT2D eigenvalue weighted by Crippen LogP contribution is -2.34. The molecule has 6 nitrogen and oxygen atoms in total. The summed E-state index contributed by atoms with van der Waals surface area (Å²) >= 11 is 1.24. The Bertz CT molecular complexity index is 469. The van der Waals surface area contributed by atoms with Crippen LogP contribution < -0.4 is 11.5 Å². The summed E-state index contributed by atoms with van der Waals surface area (Å²) < 4.78 is 0. The molecule has 0 aliphatic carbocycles. The second kappa shape index (κ2) is 3.67. The van der Waals surface area contributed by atoms with Crippen molar-refractivity contribution in [1.82, 2.24) is 4.90 Å². The van der Waals surface area contributed by atoms with Crippen LogP contribution in [0.15, 0.2) is 0 Å². The number of fused-ring (bicyclic) bond motifs is 1. The maximum absolute atomic E-state index is 11.2. The van der Waals surface area contributed by atoms with Crippen LogP contribution in [0.2, 0.25) is 0 Å². The van der Waals surface area contributed by atoms with Gasteiger partial charge in [-0.15, -0.1) is 11.3 Å². The zero-order valence-corrected chi connectivity index (χ0v) is 9.21. The number of nitrogens with two attached hydrogens (primary N) is 2. The molecule has 86 valence electrons. The zero-order chi connectivity index (χ0) is 11.9. The molecule has 2 rings (SSSR count). The second-order valence-corrected chi connectivity index (χ2v) is 4.70. The first kappa shape index (κ1) is 10.7. The van der Waals surface area contributed by atoms with Crippen LogP contribution >= 0.6 is 11.3 Å². The van der Waals surface area contributed by atoms with Gasteiger partial charge in [0, 0.05) is 11.4 Å². The van der Waals surface area contributed by atoms with Crippen LogP contribution in [0.3, 0.4) is 0 Å². The van der Waals surface area contributed by atoms with E-state index in [1.165, 1.54) is 16.2 Å². The minimum Gasteiger partial charge on any atom is -0.465 e. The van der Waals surface area contributed by atoms with E-state index >= 15 is 0 Å². The topological polar surface area (TPSA) is 110 Å². The number of anilines is 1. The van der Waals surface area contributed by atoms with Gasteiger partial charge >= 0.3 is 6.09 Å². The smallest absolute Gasteiger partial charge is 0.407 e. The number of amides is 2. The third-order valence-corrected chi connectivity index (χ3v) is 3.65. The fraction of sp³-hybridized carbons (Fsp3) is 0.333. The normalized spacial score (nSPS) is 14.6. The van der Waals surface area contributed by atoms with Crippen LogP contribution in [-0.4, -0.2) is 28.6 Å². The lowest BCUT2D eigenvalue weighted by molar-refractivity contribution is 0.1000. The van der Waals surface area contributed by atoms with E-state index in [1.54, 1.807) is 0 Å². The molecule has 1 aromatic rings. The number of rotatable bonds is 1. The number of carbonyl (C=O) groups is 2. The van der Waals surface area contributed by atoms with Crippen molar-refractivity contribution in [2.24, 2.45) is 5.73 Å². The zero-order valence-electron chi connectivity index (χ0n) is 8.40. The van der Waals surface area contributed by atoms with E-state index in [0.717, 1.165) is 10.4 Å². The lowest BCUT2D eigenvalue weighted by atomic mass is 10.0. The Morgan fingerprint density at radius 2 is 2.12 bits per heavy atom. The Morgan fingerprint density at radius 1 is 1.44 bits per heavy atom. The molecule has 0 saturated carbocycles. The maximum atomic E-state index is 11.2. The van der Waals surface area contributed by atoms with Crippen LogP contribution in [0.4, 0.5) is 9.80 Å². The first-order valence-electron chi connectivity index (χ1n) is 4.68. The molecule has 16 heavy (non-hydrogen) atoms. The molecule has 0 spiro atoms. The van der Waals surface area contributed by atoms with Gasteiger partial charge in [-0.1, -0.05) is 0 Å². The molecule has 0 fully saturated rings. The van der Waals surface area contributed by atoms with E-state index < -0.39 is 12.0 Å². The average Bonchev–Trinajstić information content (AvgIpc) is 2.51. The van der Waals surface area contributed by atoms with Crippen LogP contribution in [0.25, 0.3) is 0 Å². The lowest BCUT2D eigenvalue weighted by Gasteiger charge is -2.24. The summed E-state index contributed by atoms with van der Waals surface area (Å²) in [6, 6.07) is 0.